The van der Waals surface area contributed by atoms with E-state index in [9.17, 15) is 9.18 Å². The van der Waals surface area contributed by atoms with Crippen LogP contribution in [0.2, 0.25) is 0 Å². The number of hydrogen-bond donors (Lipinski definition) is 1. The van der Waals surface area contributed by atoms with Crippen LogP contribution in [-0.4, -0.2) is 11.1 Å². The van der Waals surface area contributed by atoms with E-state index in [2.05, 4.69) is 0 Å². The standard InChI is InChI=1S/C15H13FO2/c16-14-8-6-13(7-9-14)12-4-1-11(2-5-12)3-10-15(17)18/h1-2,4-9H,3,10H2,(H,17,18). The van der Waals surface area contributed by atoms with Crippen molar-refractivity contribution in [3.63, 3.8) is 0 Å². The van der Waals surface area contributed by atoms with Gasteiger partial charge >= 0.3 is 5.97 Å². The number of carbonyl (C=O) groups is 1. The van der Waals surface area contributed by atoms with Gasteiger partial charge in [-0.25, -0.2) is 4.39 Å². The van der Waals surface area contributed by atoms with Gasteiger partial charge in [0.2, 0.25) is 0 Å². The molecule has 92 valence electrons. The molecule has 0 atom stereocenters. The highest BCUT2D eigenvalue weighted by atomic mass is 19.1. The second-order valence-corrected chi connectivity index (χ2v) is 4.10. The zero-order valence-corrected chi connectivity index (χ0v) is 9.77. The molecule has 0 saturated carbocycles. The lowest BCUT2D eigenvalue weighted by molar-refractivity contribution is -0.136. The van der Waals surface area contributed by atoms with Gasteiger partial charge in [-0.15, -0.1) is 0 Å². The van der Waals surface area contributed by atoms with Gasteiger partial charge in [-0.3, -0.25) is 4.79 Å². The van der Waals surface area contributed by atoms with Gasteiger partial charge in [-0.2, -0.15) is 0 Å². The van der Waals surface area contributed by atoms with Crippen molar-refractivity contribution in [1.82, 2.24) is 0 Å². The molecule has 0 heterocycles. The molecule has 3 heteroatoms. The third-order valence-corrected chi connectivity index (χ3v) is 2.76. The van der Waals surface area contributed by atoms with Crippen LogP contribution in [0.1, 0.15) is 12.0 Å². The second-order valence-electron chi connectivity index (χ2n) is 4.10. The molecule has 0 unspecified atom stereocenters. The van der Waals surface area contributed by atoms with E-state index >= 15 is 0 Å². The van der Waals surface area contributed by atoms with Crippen molar-refractivity contribution in [3.8, 4) is 11.1 Å². The van der Waals surface area contributed by atoms with Gasteiger partial charge in [0, 0.05) is 6.42 Å². The summed E-state index contributed by atoms with van der Waals surface area (Å²) >= 11 is 0. The maximum Gasteiger partial charge on any atom is 0.303 e. The Morgan fingerprint density at radius 3 is 1.94 bits per heavy atom. The predicted octanol–water partition coefficient (Wildman–Crippen LogP) is 3.51. The molecule has 2 aromatic carbocycles. The first kappa shape index (κ1) is 12.3. The minimum atomic E-state index is -0.794. The lowest BCUT2D eigenvalue weighted by Crippen LogP contribution is -1.97. The third kappa shape index (κ3) is 3.17. The van der Waals surface area contributed by atoms with Crippen LogP contribution in [0, 0.1) is 5.82 Å². The fourth-order valence-corrected chi connectivity index (χ4v) is 1.76. The van der Waals surface area contributed by atoms with Crippen LogP contribution in [0.4, 0.5) is 4.39 Å². The Hall–Kier alpha value is -2.16. The zero-order valence-electron chi connectivity index (χ0n) is 9.77. The Labute approximate surface area is 105 Å². The van der Waals surface area contributed by atoms with Crippen LogP contribution in [0.5, 0.6) is 0 Å². The molecule has 2 aromatic rings. The first-order valence-corrected chi connectivity index (χ1v) is 5.72. The smallest absolute Gasteiger partial charge is 0.303 e. The molecule has 2 nitrogen and oxygen atoms in total. The third-order valence-electron chi connectivity index (χ3n) is 2.76. The summed E-state index contributed by atoms with van der Waals surface area (Å²) in [6.45, 7) is 0. The van der Waals surface area contributed by atoms with E-state index in [0.717, 1.165) is 16.7 Å². The van der Waals surface area contributed by atoms with Crippen molar-refractivity contribution in [3.05, 3.63) is 59.9 Å². The quantitative estimate of drug-likeness (QED) is 0.893. The van der Waals surface area contributed by atoms with E-state index in [0.29, 0.717) is 6.42 Å². The van der Waals surface area contributed by atoms with Crippen LogP contribution in [0.25, 0.3) is 11.1 Å². The average Bonchev–Trinajstić information content (AvgIpc) is 2.38. The van der Waals surface area contributed by atoms with E-state index in [1.807, 2.05) is 24.3 Å². The number of halogens is 1. The van der Waals surface area contributed by atoms with Gasteiger partial charge in [0.1, 0.15) is 5.82 Å². The number of carboxylic acid groups (broad SMARTS) is 1. The van der Waals surface area contributed by atoms with Crippen LogP contribution in [0.3, 0.4) is 0 Å². The van der Waals surface area contributed by atoms with Crippen molar-refractivity contribution < 1.29 is 14.3 Å². The largest absolute Gasteiger partial charge is 0.481 e. The molecule has 0 aliphatic heterocycles. The number of carboxylic acids is 1. The molecular weight excluding hydrogens is 231 g/mol. The number of benzene rings is 2. The normalized spacial score (nSPS) is 10.3. The summed E-state index contributed by atoms with van der Waals surface area (Å²) in [7, 11) is 0. The SMILES string of the molecule is O=C(O)CCc1ccc(-c2ccc(F)cc2)cc1. The summed E-state index contributed by atoms with van der Waals surface area (Å²) < 4.78 is 12.8. The molecule has 0 amide bonds. The van der Waals surface area contributed by atoms with Crippen molar-refractivity contribution in [2.24, 2.45) is 0 Å². The van der Waals surface area contributed by atoms with E-state index in [1.165, 1.54) is 12.1 Å². The molecule has 0 spiro atoms. The maximum absolute atomic E-state index is 12.8. The Morgan fingerprint density at radius 1 is 0.944 bits per heavy atom. The lowest BCUT2D eigenvalue weighted by Gasteiger charge is -2.03. The Kier molecular flexibility index (Phi) is 3.72. The van der Waals surface area contributed by atoms with Gasteiger partial charge in [0.25, 0.3) is 0 Å². The molecule has 0 aliphatic rings. The number of rotatable bonds is 4. The second kappa shape index (κ2) is 5.45. The van der Waals surface area contributed by atoms with Crippen LogP contribution in [0.15, 0.2) is 48.5 Å². The number of aryl methyl sites for hydroxylation is 1. The summed E-state index contributed by atoms with van der Waals surface area (Å²) in [6, 6.07) is 13.9. The molecule has 0 bridgehead atoms. The molecule has 0 aromatic heterocycles. The van der Waals surface area contributed by atoms with Gasteiger partial charge in [0.15, 0.2) is 0 Å². The highest BCUT2D eigenvalue weighted by Crippen LogP contribution is 2.20. The van der Waals surface area contributed by atoms with E-state index in [4.69, 9.17) is 5.11 Å². The van der Waals surface area contributed by atoms with E-state index in [1.54, 1.807) is 12.1 Å². The molecule has 1 N–H and O–H groups in total. The fourth-order valence-electron chi connectivity index (χ4n) is 1.76. The van der Waals surface area contributed by atoms with E-state index < -0.39 is 5.97 Å². The minimum absolute atomic E-state index is 0.135. The minimum Gasteiger partial charge on any atom is -0.481 e. The maximum atomic E-state index is 12.8. The molecule has 0 radical (unpaired) electrons. The summed E-state index contributed by atoms with van der Waals surface area (Å²) in [5.41, 5.74) is 2.93. The summed E-state index contributed by atoms with van der Waals surface area (Å²) in [6.07, 6.45) is 0.662. The zero-order chi connectivity index (χ0) is 13.0. The molecule has 2 rings (SSSR count). The lowest BCUT2D eigenvalue weighted by atomic mass is 10.0. The van der Waals surface area contributed by atoms with E-state index in [-0.39, 0.29) is 12.2 Å². The summed E-state index contributed by atoms with van der Waals surface area (Å²) in [5.74, 6) is -1.05. The monoisotopic (exact) mass is 244 g/mol. The summed E-state index contributed by atoms with van der Waals surface area (Å²) in [5, 5.41) is 8.60. The fraction of sp³-hybridized carbons (Fsp3) is 0.133. The highest BCUT2D eigenvalue weighted by Gasteiger charge is 2.01. The Balaban J connectivity index is 2.12. The number of aliphatic carboxylic acids is 1. The van der Waals surface area contributed by atoms with Crippen LogP contribution >= 0.6 is 0 Å². The van der Waals surface area contributed by atoms with Crippen molar-refractivity contribution >= 4 is 5.97 Å². The topological polar surface area (TPSA) is 37.3 Å². The average molecular weight is 244 g/mol. The first-order chi connectivity index (χ1) is 8.65. The van der Waals surface area contributed by atoms with Gasteiger partial charge < -0.3 is 5.11 Å². The van der Waals surface area contributed by atoms with Gasteiger partial charge in [0.05, 0.1) is 0 Å². The Morgan fingerprint density at radius 2 is 1.44 bits per heavy atom. The van der Waals surface area contributed by atoms with Crippen LogP contribution in [-0.2, 0) is 11.2 Å². The van der Waals surface area contributed by atoms with Gasteiger partial charge in [-0.1, -0.05) is 36.4 Å². The van der Waals surface area contributed by atoms with Crippen molar-refractivity contribution in [2.45, 2.75) is 12.8 Å². The van der Waals surface area contributed by atoms with Crippen LogP contribution < -0.4 is 0 Å². The summed E-state index contributed by atoms with van der Waals surface area (Å²) in [4.78, 5) is 10.5. The predicted molar refractivity (Wildman–Crippen MR) is 67.8 cm³/mol. The number of hydrogen-bond acceptors (Lipinski definition) is 1. The Bertz CT molecular complexity index is 529. The van der Waals surface area contributed by atoms with Gasteiger partial charge in [-0.05, 0) is 35.2 Å². The van der Waals surface area contributed by atoms with Crippen molar-refractivity contribution in [1.29, 1.82) is 0 Å². The molecule has 0 saturated heterocycles. The molecule has 0 fully saturated rings. The molecule has 0 aliphatic carbocycles. The van der Waals surface area contributed by atoms with Crippen molar-refractivity contribution in [2.75, 3.05) is 0 Å². The first-order valence-electron chi connectivity index (χ1n) is 5.72. The molecule has 18 heavy (non-hydrogen) atoms. The highest BCUT2D eigenvalue weighted by molar-refractivity contribution is 5.67. The molecular formula is C15H13FO2.